The van der Waals surface area contributed by atoms with Gasteiger partial charge in [0.15, 0.2) is 11.5 Å². The fourth-order valence-corrected chi connectivity index (χ4v) is 2.47. The van der Waals surface area contributed by atoms with E-state index < -0.39 is 0 Å². The summed E-state index contributed by atoms with van der Waals surface area (Å²) in [5.41, 5.74) is 1.24. The van der Waals surface area contributed by atoms with Crippen molar-refractivity contribution in [3.63, 3.8) is 0 Å². The van der Waals surface area contributed by atoms with Gasteiger partial charge in [0.25, 0.3) is 0 Å². The monoisotopic (exact) mass is 236 g/mol. The van der Waals surface area contributed by atoms with Crippen molar-refractivity contribution in [2.45, 2.75) is 25.7 Å². The fraction of sp³-hybridized carbons (Fsp3) is 0.571. The summed E-state index contributed by atoms with van der Waals surface area (Å²) in [5, 5.41) is 0. The molecule has 0 aromatic heterocycles. The third-order valence-electron chi connectivity index (χ3n) is 3.76. The first-order chi connectivity index (χ1) is 8.21. The SMILES string of the molecule is COc1cc(OC)c([C@H]2CC[C@H]2C)cc1OC. The number of hydrogen-bond acceptors (Lipinski definition) is 3. The van der Waals surface area contributed by atoms with E-state index in [1.807, 2.05) is 6.07 Å². The summed E-state index contributed by atoms with van der Waals surface area (Å²) < 4.78 is 16.1. The van der Waals surface area contributed by atoms with Crippen molar-refractivity contribution in [1.82, 2.24) is 0 Å². The molecule has 0 bridgehead atoms. The molecule has 1 aromatic rings. The van der Waals surface area contributed by atoms with Gasteiger partial charge in [0.2, 0.25) is 0 Å². The zero-order valence-electron chi connectivity index (χ0n) is 10.9. The first kappa shape index (κ1) is 12.1. The molecule has 1 aliphatic rings. The van der Waals surface area contributed by atoms with Gasteiger partial charge in [-0.2, -0.15) is 0 Å². The third-order valence-corrected chi connectivity index (χ3v) is 3.76. The normalized spacial score (nSPS) is 22.8. The third kappa shape index (κ3) is 2.06. The largest absolute Gasteiger partial charge is 0.496 e. The van der Waals surface area contributed by atoms with E-state index in [1.54, 1.807) is 21.3 Å². The van der Waals surface area contributed by atoms with Crippen LogP contribution in [0.3, 0.4) is 0 Å². The second kappa shape index (κ2) is 4.86. The van der Waals surface area contributed by atoms with Gasteiger partial charge in [0.05, 0.1) is 21.3 Å². The van der Waals surface area contributed by atoms with Crippen LogP contribution in [0.15, 0.2) is 12.1 Å². The van der Waals surface area contributed by atoms with Crippen LogP contribution in [-0.4, -0.2) is 21.3 Å². The molecule has 2 rings (SSSR count). The summed E-state index contributed by atoms with van der Waals surface area (Å²) in [6.07, 6.45) is 2.52. The van der Waals surface area contributed by atoms with E-state index in [4.69, 9.17) is 14.2 Å². The van der Waals surface area contributed by atoms with Crippen molar-refractivity contribution in [2.75, 3.05) is 21.3 Å². The van der Waals surface area contributed by atoms with Crippen molar-refractivity contribution in [3.8, 4) is 17.2 Å². The molecular weight excluding hydrogens is 216 g/mol. The molecule has 0 heterocycles. The predicted octanol–water partition coefficient (Wildman–Crippen LogP) is 3.23. The Morgan fingerprint density at radius 1 is 0.882 bits per heavy atom. The van der Waals surface area contributed by atoms with E-state index in [0.717, 1.165) is 23.2 Å². The molecule has 17 heavy (non-hydrogen) atoms. The van der Waals surface area contributed by atoms with E-state index in [2.05, 4.69) is 13.0 Å². The van der Waals surface area contributed by atoms with Gasteiger partial charge in [0, 0.05) is 11.6 Å². The molecule has 0 unspecified atom stereocenters. The summed E-state index contributed by atoms with van der Waals surface area (Å²) in [7, 11) is 5.01. The average Bonchev–Trinajstić information content (AvgIpc) is 2.36. The number of ether oxygens (including phenoxy) is 3. The second-order valence-corrected chi connectivity index (χ2v) is 4.61. The van der Waals surface area contributed by atoms with Crippen LogP contribution in [0.5, 0.6) is 17.2 Å². The Balaban J connectivity index is 2.42. The number of hydrogen-bond donors (Lipinski definition) is 0. The molecule has 0 radical (unpaired) electrons. The molecule has 1 fully saturated rings. The Kier molecular flexibility index (Phi) is 3.46. The van der Waals surface area contributed by atoms with E-state index in [1.165, 1.54) is 18.4 Å². The zero-order valence-corrected chi connectivity index (χ0v) is 10.9. The standard InChI is InChI=1S/C14H20O3/c1-9-5-6-10(9)11-7-13(16-3)14(17-4)8-12(11)15-2/h7-10H,5-6H2,1-4H3/t9-,10+/m1/s1. The lowest BCUT2D eigenvalue weighted by Gasteiger charge is -2.35. The minimum atomic E-state index is 0.588. The predicted molar refractivity (Wildman–Crippen MR) is 67.2 cm³/mol. The van der Waals surface area contributed by atoms with Crippen LogP contribution < -0.4 is 14.2 Å². The van der Waals surface area contributed by atoms with Crippen LogP contribution in [0.1, 0.15) is 31.2 Å². The van der Waals surface area contributed by atoms with Crippen molar-refractivity contribution in [1.29, 1.82) is 0 Å². The molecule has 0 amide bonds. The molecule has 3 nitrogen and oxygen atoms in total. The molecule has 1 saturated carbocycles. The van der Waals surface area contributed by atoms with Gasteiger partial charge in [0.1, 0.15) is 5.75 Å². The molecule has 1 aliphatic carbocycles. The van der Waals surface area contributed by atoms with Crippen LogP contribution in [0.25, 0.3) is 0 Å². The van der Waals surface area contributed by atoms with Gasteiger partial charge >= 0.3 is 0 Å². The molecular formula is C14H20O3. The Labute approximate surface area is 103 Å². The van der Waals surface area contributed by atoms with Crippen molar-refractivity contribution in [2.24, 2.45) is 5.92 Å². The van der Waals surface area contributed by atoms with Gasteiger partial charge in [-0.25, -0.2) is 0 Å². The lowest BCUT2D eigenvalue weighted by atomic mass is 9.71. The molecule has 0 N–H and O–H groups in total. The number of benzene rings is 1. The maximum absolute atomic E-state index is 5.46. The van der Waals surface area contributed by atoms with E-state index in [0.29, 0.717) is 5.92 Å². The molecule has 2 atom stereocenters. The Morgan fingerprint density at radius 3 is 1.88 bits per heavy atom. The number of methoxy groups -OCH3 is 3. The minimum Gasteiger partial charge on any atom is -0.496 e. The zero-order chi connectivity index (χ0) is 12.4. The summed E-state index contributed by atoms with van der Waals surface area (Å²) >= 11 is 0. The first-order valence-corrected chi connectivity index (χ1v) is 6.01. The van der Waals surface area contributed by atoms with Gasteiger partial charge in [-0.3, -0.25) is 0 Å². The molecule has 0 spiro atoms. The quantitative estimate of drug-likeness (QED) is 0.803. The highest BCUT2D eigenvalue weighted by Gasteiger charge is 2.31. The second-order valence-electron chi connectivity index (χ2n) is 4.61. The highest BCUT2D eigenvalue weighted by Crippen LogP contribution is 2.48. The maximum Gasteiger partial charge on any atom is 0.164 e. The van der Waals surface area contributed by atoms with Gasteiger partial charge in [-0.05, 0) is 30.7 Å². The molecule has 0 saturated heterocycles. The van der Waals surface area contributed by atoms with Gasteiger partial charge in [-0.15, -0.1) is 0 Å². The summed E-state index contributed by atoms with van der Waals surface area (Å²) in [5.74, 6) is 3.72. The Morgan fingerprint density at radius 2 is 1.47 bits per heavy atom. The Hall–Kier alpha value is -1.38. The van der Waals surface area contributed by atoms with Crippen molar-refractivity contribution >= 4 is 0 Å². The number of rotatable bonds is 4. The van der Waals surface area contributed by atoms with Crippen LogP contribution in [-0.2, 0) is 0 Å². The summed E-state index contributed by atoms with van der Waals surface area (Å²) in [6, 6.07) is 3.97. The summed E-state index contributed by atoms with van der Waals surface area (Å²) in [4.78, 5) is 0. The van der Waals surface area contributed by atoms with Crippen LogP contribution in [0.2, 0.25) is 0 Å². The highest BCUT2D eigenvalue weighted by atomic mass is 16.5. The first-order valence-electron chi connectivity index (χ1n) is 6.01. The van der Waals surface area contributed by atoms with E-state index in [9.17, 15) is 0 Å². The molecule has 0 aliphatic heterocycles. The molecule has 3 heteroatoms. The van der Waals surface area contributed by atoms with Crippen molar-refractivity contribution in [3.05, 3.63) is 17.7 Å². The lowest BCUT2D eigenvalue weighted by Crippen LogP contribution is -2.21. The minimum absolute atomic E-state index is 0.588. The van der Waals surface area contributed by atoms with E-state index >= 15 is 0 Å². The summed E-state index contributed by atoms with van der Waals surface area (Å²) in [6.45, 7) is 2.28. The van der Waals surface area contributed by atoms with Gasteiger partial charge in [-0.1, -0.05) is 6.92 Å². The van der Waals surface area contributed by atoms with Crippen LogP contribution in [0, 0.1) is 5.92 Å². The van der Waals surface area contributed by atoms with E-state index in [-0.39, 0.29) is 0 Å². The Bertz CT molecular complexity index is 401. The van der Waals surface area contributed by atoms with Crippen LogP contribution >= 0.6 is 0 Å². The maximum atomic E-state index is 5.46. The van der Waals surface area contributed by atoms with Crippen LogP contribution in [0.4, 0.5) is 0 Å². The smallest absolute Gasteiger partial charge is 0.164 e. The molecule has 1 aromatic carbocycles. The highest BCUT2D eigenvalue weighted by molar-refractivity contribution is 5.52. The van der Waals surface area contributed by atoms with Gasteiger partial charge < -0.3 is 14.2 Å². The van der Waals surface area contributed by atoms with Crippen molar-refractivity contribution < 1.29 is 14.2 Å². The topological polar surface area (TPSA) is 27.7 Å². The average molecular weight is 236 g/mol. The lowest BCUT2D eigenvalue weighted by molar-refractivity contribution is 0.269. The fourth-order valence-electron chi connectivity index (χ4n) is 2.47. The molecule has 94 valence electrons.